The van der Waals surface area contributed by atoms with Crippen molar-refractivity contribution in [2.45, 2.75) is 89.4 Å². The number of aryl methyl sites for hydroxylation is 1. The largest absolute Gasteiger partial charge is 0.508 e. The van der Waals surface area contributed by atoms with Gasteiger partial charge >= 0.3 is 0 Å². The number of amides is 1. The maximum atomic E-state index is 15.4. The van der Waals surface area contributed by atoms with Crippen molar-refractivity contribution in [2.75, 3.05) is 13.1 Å². The number of hydrogen-bond acceptors (Lipinski definition) is 2. The molecule has 2 saturated carbocycles. The molecule has 5 rings (SSSR count). The number of nitrogens with zero attached hydrogens (tertiary/aromatic N) is 1. The van der Waals surface area contributed by atoms with Crippen LogP contribution in [0.4, 0.5) is 8.78 Å². The molecule has 3 fully saturated rings. The Kier molecular flexibility index (Phi) is 5.74. The van der Waals surface area contributed by atoms with E-state index in [4.69, 9.17) is 0 Å². The minimum Gasteiger partial charge on any atom is -0.508 e. The molecule has 1 N–H and O–H groups in total. The second-order valence-electron chi connectivity index (χ2n) is 11.2. The number of carbonyl (C=O) groups is 1. The quantitative estimate of drug-likeness (QED) is 0.591. The summed E-state index contributed by atoms with van der Waals surface area (Å²) in [6, 6.07) is 5.65. The molecule has 3 nitrogen and oxygen atoms in total. The first-order valence-corrected chi connectivity index (χ1v) is 12.8. The molecule has 176 valence electrons. The van der Waals surface area contributed by atoms with Gasteiger partial charge in [0.2, 0.25) is 5.91 Å². The first-order valence-electron chi connectivity index (χ1n) is 12.8. The molecule has 1 saturated heterocycles. The van der Waals surface area contributed by atoms with Crippen LogP contribution in [0.5, 0.6) is 5.75 Å². The summed E-state index contributed by atoms with van der Waals surface area (Å²) < 4.78 is 30.8. The van der Waals surface area contributed by atoms with Gasteiger partial charge in [-0.1, -0.05) is 13.0 Å². The van der Waals surface area contributed by atoms with Crippen LogP contribution in [0.25, 0.3) is 0 Å². The highest BCUT2D eigenvalue weighted by Gasteiger charge is 2.67. The van der Waals surface area contributed by atoms with Crippen molar-refractivity contribution in [3.8, 4) is 5.75 Å². The van der Waals surface area contributed by atoms with E-state index in [-0.39, 0.29) is 30.1 Å². The molecule has 0 spiro atoms. The van der Waals surface area contributed by atoms with Crippen LogP contribution in [-0.4, -0.2) is 34.9 Å². The molecule has 1 aliphatic heterocycles. The lowest BCUT2D eigenvalue weighted by atomic mass is 9.53. The molecular formula is C27H37F2NO2. The van der Waals surface area contributed by atoms with Crippen molar-refractivity contribution in [1.29, 1.82) is 0 Å². The predicted molar refractivity (Wildman–Crippen MR) is 121 cm³/mol. The van der Waals surface area contributed by atoms with E-state index in [9.17, 15) is 9.90 Å². The fourth-order valence-corrected chi connectivity index (χ4v) is 7.90. The number of halogens is 2. The molecule has 5 atom stereocenters. The SMILES string of the molecule is C[C@]12CC[C@@H]3c4ccc(O)cc4CC[C@H]3[C@@H]1[C@@H](CCCC(=O)N1CCCCC1)CC2(F)F. The minimum atomic E-state index is -2.63. The molecule has 32 heavy (non-hydrogen) atoms. The van der Waals surface area contributed by atoms with Crippen molar-refractivity contribution in [1.82, 2.24) is 4.90 Å². The summed E-state index contributed by atoms with van der Waals surface area (Å²) in [6.45, 7) is 3.57. The van der Waals surface area contributed by atoms with Crippen LogP contribution in [0.1, 0.15) is 88.2 Å². The van der Waals surface area contributed by atoms with Crippen molar-refractivity contribution < 1.29 is 18.7 Å². The van der Waals surface area contributed by atoms with Gasteiger partial charge in [-0.15, -0.1) is 0 Å². The number of aromatic hydroxyl groups is 1. The Morgan fingerprint density at radius 2 is 1.97 bits per heavy atom. The molecule has 0 bridgehead atoms. The van der Waals surface area contributed by atoms with E-state index in [1.54, 1.807) is 6.07 Å². The van der Waals surface area contributed by atoms with E-state index in [0.717, 1.165) is 58.0 Å². The number of hydrogen-bond donors (Lipinski definition) is 1. The maximum absolute atomic E-state index is 15.4. The van der Waals surface area contributed by atoms with E-state index in [0.29, 0.717) is 24.5 Å². The lowest BCUT2D eigenvalue weighted by Crippen LogP contribution is -2.47. The third-order valence-electron chi connectivity index (χ3n) is 9.50. The molecule has 1 heterocycles. The Hall–Kier alpha value is -1.65. The second kappa shape index (κ2) is 8.29. The zero-order chi connectivity index (χ0) is 22.5. The molecule has 1 aromatic rings. The molecule has 0 radical (unpaired) electrons. The summed E-state index contributed by atoms with van der Waals surface area (Å²) in [7, 11) is 0. The molecule has 5 heteroatoms. The number of alkyl halides is 2. The molecule has 0 aromatic heterocycles. The van der Waals surface area contributed by atoms with Crippen molar-refractivity contribution in [2.24, 2.45) is 23.2 Å². The number of likely N-dealkylation sites (tertiary alicyclic amines) is 1. The number of fused-ring (bicyclic) bond motifs is 5. The highest BCUT2D eigenvalue weighted by Crippen LogP contribution is 2.68. The van der Waals surface area contributed by atoms with Crippen LogP contribution in [0, 0.1) is 23.2 Å². The number of carbonyl (C=O) groups excluding carboxylic acids is 1. The van der Waals surface area contributed by atoms with Crippen LogP contribution < -0.4 is 0 Å². The monoisotopic (exact) mass is 445 g/mol. The van der Waals surface area contributed by atoms with Crippen LogP contribution in [-0.2, 0) is 11.2 Å². The van der Waals surface area contributed by atoms with Crippen molar-refractivity contribution in [3.63, 3.8) is 0 Å². The smallest absolute Gasteiger partial charge is 0.253 e. The summed E-state index contributed by atoms with van der Waals surface area (Å²) in [4.78, 5) is 14.6. The van der Waals surface area contributed by atoms with Gasteiger partial charge in [-0.25, -0.2) is 8.78 Å². The number of rotatable bonds is 4. The fraction of sp³-hybridized carbons (Fsp3) is 0.741. The molecule has 0 unspecified atom stereocenters. The van der Waals surface area contributed by atoms with Crippen molar-refractivity contribution in [3.05, 3.63) is 29.3 Å². The third kappa shape index (κ3) is 3.64. The molecule has 1 amide bonds. The topological polar surface area (TPSA) is 40.5 Å². The highest BCUT2D eigenvalue weighted by molar-refractivity contribution is 5.76. The van der Waals surface area contributed by atoms with Gasteiger partial charge < -0.3 is 10.0 Å². The van der Waals surface area contributed by atoms with E-state index >= 15 is 8.78 Å². The van der Waals surface area contributed by atoms with E-state index < -0.39 is 11.3 Å². The van der Waals surface area contributed by atoms with E-state index in [1.807, 2.05) is 24.0 Å². The van der Waals surface area contributed by atoms with Crippen LogP contribution >= 0.6 is 0 Å². The van der Waals surface area contributed by atoms with Gasteiger partial charge in [0.15, 0.2) is 0 Å². The number of phenolic OH excluding ortho intramolecular Hbond substituents is 1. The molecule has 3 aliphatic carbocycles. The Balaban J connectivity index is 1.32. The van der Waals surface area contributed by atoms with Gasteiger partial charge in [-0.05, 0) is 105 Å². The van der Waals surface area contributed by atoms with Gasteiger partial charge in [0.1, 0.15) is 5.75 Å². The number of piperidine rings is 1. The average Bonchev–Trinajstić information content (AvgIpc) is 2.99. The zero-order valence-corrected chi connectivity index (χ0v) is 19.3. The Morgan fingerprint density at radius 1 is 1.19 bits per heavy atom. The zero-order valence-electron chi connectivity index (χ0n) is 19.3. The Bertz CT molecular complexity index is 865. The van der Waals surface area contributed by atoms with Gasteiger partial charge in [0.25, 0.3) is 5.92 Å². The third-order valence-corrected chi connectivity index (χ3v) is 9.50. The van der Waals surface area contributed by atoms with Crippen molar-refractivity contribution >= 4 is 5.91 Å². The van der Waals surface area contributed by atoms with E-state index in [2.05, 4.69) is 0 Å². The van der Waals surface area contributed by atoms with Gasteiger partial charge in [0, 0.05) is 31.3 Å². The lowest BCUT2D eigenvalue weighted by molar-refractivity contribution is -0.134. The average molecular weight is 446 g/mol. The van der Waals surface area contributed by atoms with Crippen LogP contribution in [0.2, 0.25) is 0 Å². The first kappa shape index (κ1) is 22.2. The van der Waals surface area contributed by atoms with Gasteiger partial charge in [0.05, 0.1) is 0 Å². The predicted octanol–water partition coefficient (Wildman–Crippen LogP) is 6.29. The standard InChI is InChI=1S/C27H37F2NO2/c1-26-13-12-22-21-11-9-20(31)16-18(21)8-10-23(22)25(26)19(17-27(26,28)29)6-5-7-24(32)30-14-3-2-4-15-30/h9,11,16,19,22-23,25,31H,2-8,10,12-15,17H2,1H3/t19-,22+,23+,25-,26-/m0/s1. The molecule has 1 aromatic carbocycles. The lowest BCUT2D eigenvalue weighted by Gasteiger charge is -2.51. The first-order chi connectivity index (χ1) is 15.3. The molecular weight excluding hydrogens is 408 g/mol. The summed E-state index contributed by atoms with van der Waals surface area (Å²) in [5, 5.41) is 9.89. The molecule has 4 aliphatic rings. The summed E-state index contributed by atoms with van der Waals surface area (Å²) in [5.74, 6) is -1.50. The number of phenols is 1. The maximum Gasteiger partial charge on any atom is 0.253 e. The summed E-state index contributed by atoms with van der Waals surface area (Å²) in [5.41, 5.74) is 1.54. The van der Waals surface area contributed by atoms with E-state index in [1.165, 1.54) is 17.5 Å². The number of benzene rings is 1. The van der Waals surface area contributed by atoms with Crippen LogP contribution in [0.3, 0.4) is 0 Å². The highest BCUT2D eigenvalue weighted by atomic mass is 19.3. The fourth-order valence-electron chi connectivity index (χ4n) is 7.90. The normalized spacial score (nSPS) is 35.7. The summed E-state index contributed by atoms with van der Waals surface area (Å²) in [6.07, 6.45) is 8.49. The van der Waals surface area contributed by atoms with Gasteiger partial charge in [-0.2, -0.15) is 0 Å². The van der Waals surface area contributed by atoms with Crippen LogP contribution in [0.15, 0.2) is 18.2 Å². The van der Waals surface area contributed by atoms with Gasteiger partial charge in [-0.3, -0.25) is 4.79 Å². The second-order valence-corrected chi connectivity index (χ2v) is 11.2. The Labute approximate surface area is 190 Å². The minimum absolute atomic E-state index is 0.00405. The Morgan fingerprint density at radius 3 is 2.75 bits per heavy atom. The summed E-state index contributed by atoms with van der Waals surface area (Å²) >= 11 is 0.